The van der Waals surface area contributed by atoms with Crippen molar-refractivity contribution in [2.24, 2.45) is 0 Å². The number of nitrogens with zero attached hydrogens (tertiary/aromatic N) is 6. The van der Waals surface area contributed by atoms with Crippen molar-refractivity contribution in [1.82, 2.24) is 35.0 Å². The van der Waals surface area contributed by atoms with Gasteiger partial charge in [0.1, 0.15) is 18.1 Å². The molecule has 4 aromatic rings. The zero-order valence-corrected chi connectivity index (χ0v) is 23.7. The first-order valence-electron chi connectivity index (χ1n) is 13.2. The first-order valence-corrected chi connectivity index (χ1v) is 14.0. The molecule has 1 aliphatic rings. The van der Waals surface area contributed by atoms with E-state index in [1.165, 1.54) is 11.3 Å². The lowest BCUT2D eigenvalue weighted by Gasteiger charge is -2.31. The van der Waals surface area contributed by atoms with E-state index in [4.69, 9.17) is 4.74 Å². The minimum absolute atomic E-state index is 0.134. The van der Waals surface area contributed by atoms with Gasteiger partial charge in [0.05, 0.1) is 22.4 Å². The summed E-state index contributed by atoms with van der Waals surface area (Å²) in [6, 6.07) is 7.69. The van der Waals surface area contributed by atoms with E-state index >= 15 is 0 Å². The van der Waals surface area contributed by atoms with E-state index in [0.717, 1.165) is 40.4 Å². The number of piperidine rings is 1. The third kappa shape index (κ3) is 5.63. The van der Waals surface area contributed by atoms with Gasteiger partial charge in [0.2, 0.25) is 0 Å². The minimum atomic E-state index is -0.207. The fourth-order valence-electron chi connectivity index (χ4n) is 4.91. The predicted octanol–water partition coefficient (Wildman–Crippen LogP) is 4.03. The first kappa shape index (κ1) is 26.7. The molecule has 0 spiro atoms. The molecule has 1 aliphatic heterocycles. The Morgan fingerprint density at radius 2 is 1.85 bits per heavy atom. The maximum Gasteiger partial charge on any atom is 0.276 e. The minimum Gasteiger partial charge on any atom is -0.491 e. The smallest absolute Gasteiger partial charge is 0.276 e. The largest absolute Gasteiger partial charge is 0.491 e. The zero-order chi connectivity index (χ0) is 27.7. The number of hydrogen-bond acceptors (Lipinski definition) is 8. The molecule has 1 saturated heterocycles. The number of ether oxygens (including phenoxy) is 1. The highest BCUT2D eigenvalue weighted by Crippen LogP contribution is 2.31. The molecule has 5 rings (SSSR count). The molecule has 1 atom stereocenters. The Bertz CT molecular complexity index is 1500. The van der Waals surface area contributed by atoms with Gasteiger partial charge in [0.25, 0.3) is 11.8 Å². The molecular formula is C28H33N7O3S. The van der Waals surface area contributed by atoms with Crippen molar-refractivity contribution in [2.75, 3.05) is 19.7 Å². The van der Waals surface area contributed by atoms with Crippen LogP contribution in [0.15, 0.2) is 29.6 Å². The van der Waals surface area contributed by atoms with E-state index in [0.29, 0.717) is 42.4 Å². The van der Waals surface area contributed by atoms with Crippen molar-refractivity contribution in [3.63, 3.8) is 0 Å². The number of fused-ring (bicyclic) bond motifs is 1. The lowest BCUT2D eigenvalue weighted by molar-refractivity contribution is 0.0704. The van der Waals surface area contributed by atoms with Crippen LogP contribution in [-0.4, -0.2) is 67.2 Å². The Labute approximate surface area is 231 Å². The number of aromatic nitrogens is 5. The number of benzene rings is 1. The average molecular weight is 548 g/mol. The molecule has 2 amide bonds. The van der Waals surface area contributed by atoms with Gasteiger partial charge in [-0.25, -0.2) is 9.50 Å². The molecule has 3 aromatic heterocycles. The summed E-state index contributed by atoms with van der Waals surface area (Å²) in [6.07, 6.45) is 1.55. The van der Waals surface area contributed by atoms with Crippen LogP contribution >= 0.6 is 11.3 Å². The number of carbonyl (C=O) groups is 2. The molecule has 0 aliphatic carbocycles. The molecule has 0 bridgehead atoms. The van der Waals surface area contributed by atoms with Gasteiger partial charge in [-0.1, -0.05) is 18.2 Å². The summed E-state index contributed by atoms with van der Waals surface area (Å²) in [7, 11) is 0. The Morgan fingerprint density at radius 3 is 2.56 bits per heavy atom. The number of para-hydroxylation sites is 1. The topological polar surface area (TPSA) is 115 Å². The van der Waals surface area contributed by atoms with Gasteiger partial charge < -0.3 is 15.0 Å². The highest BCUT2D eigenvalue weighted by Gasteiger charge is 2.29. The summed E-state index contributed by atoms with van der Waals surface area (Å²) >= 11 is 1.50. The van der Waals surface area contributed by atoms with Crippen molar-refractivity contribution in [3.05, 3.63) is 68.6 Å². The normalized spacial score (nSPS) is 14.9. The van der Waals surface area contributed by atoms with Gasteiger partial charge in [-0.15, -0.1) is 21.5 Å². The number of rotatable bonds is 7. The van der Waals surface area contributed by atoms with E-state index in [2.05, 4.69) is 25.6 Å². The van der Waals surface area contributed by atoms with Crippen molar-refractivity contribution in [1.29, 1.82) is 0 Å². The van der Waals surface area contributed by atoms with Crippen LogP contribution in [-0.2, 0) is 0 Å². The van der Waals surface area contributed by atoms with Gasteiger partial charge in [0.15, 0.2) is 11.3 Å². The van der Waals surface area contributed by atoms with Crippen LogP contribution in [0.1, 0.15) is 74.2 Å². The third-order valence-electron chi connectivity index (χ3n) is 7.08. The van der Waals surface area contributed by atoms with Crippen LogP contribution < -0.4 is 10.1 Å². The second-order valence-electron chi connectivity index (χ2n) is 10.2. The van der Waals surface area contributed by atoms with Crippen LogP contribution in [0.4, 0.5) is 0 Å². The quantitative estimate of drug-likeness (QED) is 0.371. The van der Waals surface area contributed by atoms with E-state index in [-0.39, 0.29) is 23.8 Å². The van der Waals surface area contributed by atoms with Crippen molar-refractivity contribution < 1.29 is 14.3 Å². The number of likely N-dealkylation sites (tertiary alicyclic amines) is 1. The second-order valence-corrected chi connectivity index (χ2v) is 11.1. The molecule has 39 heavy (non-hydrogen) atoms. The van der Waals surface area contributed by atoms with Gasteiger partial charge in [-0.2, -0.15) is 5.10 Å². The maximum absolute atomic E-state index is 13.2. The summed E-state index contributed by atoms with van der Waals surface area (Å²) in [5.41, 5.74) is 5.03. The summed E-state index contributed by atoms with van der Waals surface area (Å²) in [5, 5.41) is 18.5. The van der Waals surface area contributed by atoms with Crippen LogP contribution in [0.2, 0.25) is 0 Å². The SMILES string of the molecule is Cc1cc2nnc(C(=O)N3CCC(c4nc(C(=O)NC(C)COc5c(C)cccc5C)cs4)CC3)c(C)n2n1. The fourth-order valence-corrected chi connectivity index (χ4v) is 5.88. The fraction of sp³-hybridized carbons (Fsp3) is 0.429. The molecule has 204 valence electrons. The van der Waals surface area contributed by atoms with Crippen molar-refractivity contribution in [2.45, 2.75) is 59.4 Å². The zero-order valence-electron chi connectivity index (χ0n) is 22.9. The summed E-state index contributed by atoms with van der Waals surface area (Å²) in [4.78, 5) is 32.5. The van der Waals surface area contributed by atoms with Crippen LogP contribution in [0.3, 0.4) is 0 Å². The first-order chi connectivity index (χ1) is 18.7. The molecule has 10 nitrogen and oxygen atoms in total. The average Bonchev–Trinajstić information content (AvgIpc) is 3.56. The Balaban J connectivity index is 1.15. The van der Waals surface area contributed by atoms with Crippen LogP contribution in [0.25, 0.3) is 5.65 Å². The highest BCUT2D eigenvalue weighted by atomic mass is 32.1. The van der Waals surface area contributed by atoms with E-state index in [9.17, 15) is 9.59 Å². The van der Waals surface area contributed by atoms with E-state index < -0.39 is 0 Å². The molecule has 1 unspecified atom stereocenters. The van der Waals surface area contributed by atoms with Gasteiger partial charge >= 0.3 is 0 Å². The number of aryl methyl sites for hydroxylation is 4. The molecule has 0 saturated carbocycles. The Morgan fingerprint density at radius 1 is 1.13 bits per heavy atom. The second kappa shape index (κ2) is 11.1. The van der Waals surface area contributed by atoms with Crippen molar-refractivity contribution in [3.8, 4) is 5.75 Å². The maximum atomic E-state index is 13.2. The van der Waals surface area contributed by atoms with Gasteiger partial charge in [-0.05, 0) is 58.6 Å². The number of nitrogens with one attached hydrogen (secondary N) is 1. The van der Waals surface area contributed by atoms with Crippen LogP contribution in [0, 0.1) is 27.7 Å². The lowest BCUT2D eigenvalue weighted by Crippen LogP contribution is -2.39. The highest BCUT2D eigenvalue weighted by molar-refractivity contribution is 7.09. The molecule has 4 heterocycles. The van der Waals surface area contributed by atoms with Gasteiger partial charge in [0, 0.05) is 30.5 Å². The Hall–Kier alpha value is -3.86. The predicted molar refractivity (Wildman–Crippen MR) is 149 cm³/mol. The molecule has 1 aromatic carbocycles. The number of amides is 2. The lowest BCUT2D eigenvalue weighted by atomic mass is 9.97. The molecular weight excluding hydrogens is 514 g/mol. The van der Waals surface area contributed by atoms with Gasteiger partial charge in [-0.3, -0.25) is 9.59 Å². The Kier molecular flexibility index (Phi) is 7.60. The number of hydrogen-bond donors (Lipinski definition) is 1. The summed E-state index contributed by atoms with van der Waals surface area (Å²) in [5.74, 6) is 0.721. The standard InChI is InChI=1S/C28H33N7O3S/c1-16-7-6-8-17(2)25(16)38-14-19(4)29-26(36)22-15-39-27(30-22)21-9-11-34(12-10-21)28(37)24-20(5)35-23(31-32-24)13-18(3)33-35/h6-8,13,15,19,21H,9-12,14H2,1-5H3,(H,29,36). The van der Waals surface area contributed by atoms with Crippen LogP contribution in [0.5, 0.6) is 5.75 Å². The monoisotopic (exact) mass is 547 g/mol. The molecule has 0 radical (unpaired) electrons. The molecule has 1 fully saturated rings. The van der Waals surface area contributed by atoms with E-state index in [1.807, 2.05) is 69.2 Å². The summed E-state index contributed by atoms with van der Waals surface area (Å²) < 4.78 is 7.65. The number of thiazole rings is 1. The van der Waals surface area contributed by atoms with E-state index in [1.54, 1.807) is 4.52 Å². The summed E-state index contributed by atoms with van der Waals surface area (Å²) in [6.45, 7) is 11.2. The van der Waals surface area contributed by atoms with Crippen molar-refractivity contribution >= 4 is 28.8 Å². The third-order valence-corrected chi connectivity index (χ3v) is 8.09. The molecule has 1 N–H and O–H groups in total. The number of carbonyl (C=O) groups excluding carboxylic acids is 2. The molecule has 11 heteroatoms.